The van der Waals surface area contributed by atoms with Crippen LogP contribution in [-0.4, -0.2) is 48.8 Å². The molecule has 0 saturated carbocycles. The van der Waals surface area contributed by atoms with Crippen LogP contribution in [0.3, 0.4) is 0 Å². The van der Waals surface area contributed by atoms with Crippen LogP contribution in [0.25, 0.3) is 10.9 Å². The number of benzene rings is 2. The molecule has 3 aromatic rings. The van der Waals surface area contributed by atoms with Crippen molar-refractivity contribution in [2.75, 3.05) is 27.3 Å². The number of rotatable bonds is 9. The van der Waals surface area contributed by atoms with Crippen molar-refractivity contribution in [2.45, 2.75) is 20.4 Å². The monoisotopic (exact) mass is 444 g/mol. The minimum Gasteiger partial charge on any atom is -0.483 e. The highest BCUT2D eigenvalue weighted by Gasteiger charge is 2.13. The summed E-state index contributed by atoms with van der Waals surface area (Å²) < 4.78 is 21.7. The normalized spacial score (nSPS) is 12.0. The largest absolute Gasteiger partial charge is 0.483 e. The fraction of sp³-hybridized carbons (Fsp3) is 0.304. The number of hydrogen-bond donors (Lipinski definition) is 0. The molecule has 31 heavy (non-hydrogen) atoms. The standard InChI is InChI=1S/C23H26ClFN4O2/c1-5-28(3)15-26-18-9-10-22-17(12-18)11-16(2)29(22)13-19(27-30-4)14-31-23-20(24)7-6-8-21(23)25/h6-12,15H,5,13-14H2,1-4H3/b26-15-,27-19-. The van der Waals surface area contributed by atoms with Gasteiger partial charge >= 0.3 is 0 Å². The van der Waals surface area contributed by atoms with Crippen LogP contribution in [0.1, 0.15) is 12.6 Å². The minimum atomic E-state index is -0.520. The van der Waals surface area contributed by atoms with Gasteiger partial charge in [0.1, 0.15) is 19.4 Å². The Morgan fingerprint density at radius 2 is 2.06 bits per heavy atom. The Morgan fingerprint density at radius 1 is 1.26 bits per heavy atom. The molecule has 0 unspecified atom stereocenters. The summed E-state index contributed by atoms with van der Waals surface area (Å²) >= 11 is 6.05. The van der Waals surface area contributed by atoms with Crippen molar-refractivity contribution in [1.29, 1.82) is 0 Å². The van der Waals surface area contributed by atoms with E-state index in [0.29, 0.717) is 12.3 Å². The van der Waals surface area contributed by atoms with E-state index in [1.165, 1.54) is 19.2 Å². The van der Waals surface area contributed by atoms with Gasteiger partial charge in [0.05, 0.1) is 23.6 Å². The number of nitrogens with zero attached hydrogens (tertiary/aromatic N) is 4. The molecular weight excluding hydrogens is 419 g/mol. The first-order chi connectivity index (χ1) is 14.9. The van der Waals surface area contributed by atoms with E-state index < -0.39 is 5.82 Å². The van der Waals surface area contributed by atoms with Crippen molar-refractivity contribution in [3.05, 3.63) is 59.0 Å². The quantitative estimate of drug-likeness (QED) is 0.251. The summed E-state index contributed by atoms with van der Waals surface area (Å²) in [6, 6.07) is 12.5. The predicted molar refractivity (Wildman–Crippen MR) is 124 cm³/mol. The van der Waals surface area contributed by atoms with Crippen LogP contribution in [0.4, 0.5) is 10.1 Å². The molecule has 0 aliphatic rings. The Labute approximate surface area is 186 Å². The number of hydrogen-bond acceptors (Lipinski definition) is 4. The second-order valence-electron chi connectivity index (χ2n) is 7.11. The molecule has 0 spiro atoms. The second kappa shape index (κ2) is 10.3. The van der Waals surface area contributed by atoms with Crippen LogP contribution in [0.2, 0.25) is 5.02 Å². The van der Waals surface area contributed by atoms with E-state index in [1.54, 1.807) is 6.07 Å². The molecule has 1 heterocycles. The molecule has 0 fully saturated rings. The first-order valence-corrected chi connectivity index (χ1v) is 10.3. The molecule has 0 aliphatic heterocycles. The van der Waals surface area contributed by atoms with Crippen LogP contribution >= 0.6 is 11.6 Å². The molecular formula is C23H26ClFN4O2. The summed E-state index contributed by atoms with van der Waals surface area (Å²) in [5.74, 6) is -0.518. The Hall–Kier alpha value is -3.06. The van der Waals surface area contributed by atoms with Gasteiger partial charge in [0.25, 0.3) is 0 Å². The molecule has 2 aromatic carbocycles. The van der Waals surface area contributed by atoms with Crippen LogP contribution in [0.15, 0.2) is 52.6 Å². The predicted octanol–water partition coefficient (Wildman–Crippen LogP) is 5.44. The molecule has 3 rings (SSSR count). The van der Waals surface area contributed by atoms with E-state index in [1.807, 2.05) is 43.4 Å². The molecule has 0 aliphatic carbocycles. The lowest BCUT2D eigenvalue weighted by atomic mass is 10.2. The minimum absolute atomic E-state index is 0.00149. The summed E-state index contributed by atoms with van der Waals surface area (Å²) in [7, 11) is 3.45. The maximum Gasteiger partial charge on any atom is 0.174 e. The van der Waals surface area contributed by atoms with E-state index in [4.69, 9.17) is 21.2 Å². The van der Waals surface area contributed by atoms with Gasteiger partial charge in [-0.3, -0.25) is 0 Å². The highest BCUT2D eigenvalue weighted by molar-refractivity contribution is 6.32. The number of fused-ring (bicyclic) bond motifs is 1. The molecule has 8 heteroatoms. The van der Waals surface area contributed by atoms with Crippen LogP contribution in [-0.2, 0) is 11.4 Å². The zero-order valence-corrected chi connectivity index (χ0v) is 18.9. The first-order valence-electron chi connectivity index (χ1n) is 9.93. The highest BCUT2D eigenvalue weighted by atomic mass is 35.5. The molecule has 164 valence electrons. The van der Waals surface area contributed by atoms with Crippen molar-refractivity contribution < 1.29 is 14.0 Å². The van der Waals surface area contributed by atoms with E-state index in [2.05, 4.69) is 27.7 Å². The van der Waals surface area contributed by atoms with E-state index >= 15 is 0 Å². The molecule has 1 aromatic heterocycles. The zero-order chi connectivity index (χ0) is 22.4. The fourth-order valence-electron chi connectivity index (χ4n) is 3.12. The van der Waals surface area contributed by atoms with Crippen molar-refractivity contribution in [3.8, 4) is 5.75 Å². The van der Waals surface area contributed by atoms with Gasteiger partial charge in [-0.25, -0.2) is 9.38 Å². The van der Waals surface area contributed by atoms with Gasteiger partial charge in [-0.1, -0.05) is 22.8 Å². The van der Waals surface area contributed by atoms with Gasteiger partial charge in [0.2, 0.25) is 0 Å². The number of aromatic nitrogens is 1. The molecule has 0 radical (unpaired) electrons. The van der Waals surface area contributed by atoms with Crippen LogP contribution in [0, 0.1) is 12.7 Å². The van der Waals surface area contributed by atoms with Gasteiger partial charge < -0.3 is 19.0 Å². The number of para-hydroxylation sites is 1. The fourth-order valence-corrected chi connectivity index (χ4v) is 3.34. The first kappa shape index (κ1) is 22.6. The van der Waals surface area contributed by atoms with Crippen molar-refractivity contribution in [3.63, 3.8) is 0 Å². The molecule has 0 saturated heterocycles. The Morgan fingerprint density at radius 3 is 2.77 bits per heavy atom. The Bertz CT molecular complexity index is 1090. The number of aliphatic imine (C=N–C) groups is 1. The maximum absolute atomic E-state index is 14.0. The molecule has 0 atom stereocenters. The number of oxime groups is 1. The average Bonchev–Trinajstić information content (AvgIpc) is 3.05. The summed E-state index contributed by atoms with van der Waals surface area (Å²) in [5, 5.41) is 5.35. The van der Waals surface area contributed by atoms with Crippen LogP contribution in [0.5, 0.6) is 5.75 Å². The summed E-state index contributed by atoms with van der Waals surface area (Å²) in [4.78, 5) is 11.5. The van der Waals surface area contributed by atoms with Crippen molar-refractivity contribution in [2.24, 2.45) is 10.1 Å². The van der Waals surface area contributed by atoms with Gasteiger partial charge in [0.15, 0.2) is 11.6 Å². The maximum atomic E-state index is 14.0. The van der Waals surface area contributed by atoms with Gasteiger partial charge in [-0.05, 0) is 50.2 Å². The van der Waals surface area contributed by atoms with E-state index in [9.17, 15) is 4.39 Å². The number of halogens is 2. The molecule has 6 nitrogen and oxygen atoms in total. The highest BCUT2D eigenvalue weighted by Crippen LogP contribution is 2.28. The SMILES string of the molecule is CCN(C)/C=N\c1ccc2c(c1)cc(C)n2C/C(COc1c(F)cccc1Cl)=N/OC. The molecule has 0 amide bonds. The summed E-state index contributed by atoms with van der Waals surface area (Å²) in [6.07, 6.45) is 1.82. The van der Waals surface area contributed by atoms with Gasteiger partial charge in [-0.2, -0.15) is 0 Å². The van der Waals surface area contributed by atoms with Gasteiger partial charge in [-0.15, -0.1) is 0 Å². The zero-order valence-electron chi connectivity index (χ0n) is 18.1. The lowest BCUT2D eigenvalue weighted by Gasteiger charge is -2.13. The molecule has 0 bridgehead atoms. The Kier molecular flexibility index (Phi) is 7.52. The third-order valence-electron chi connectivity index (χ3n) is 4.86. The molecule has 0 N–H and O–H groups in total. The lowest BCUT2D eigenvalue weighted by molar-refractivity contribution is 0.208. The summed E-state index contributed by atoms with van der Waals surface area (Å²) in [5.41, 5.74) is 3.56. The van der Waals surface area contributed by atoms with E-state index in [-0.39, 0.29) is 17.4 Å². The van der Waals surface area contributed by atoms with E-state index in [0.717, 1.165) is 28.8 Å². The second-order valence-corrected chi connectivity index (χ2v) is 7.52. The third kappa shape index (κ3) is 5.55. The average molecular weight is 445 g/mol. The smallest absolute Gasteiger partial charge is 0.174 e. The van der Waals surface area contributed by atoms with Crippen LogP contribution < -0.4 is 4.74 Å². The third-order valence-corrected chi connectivity index (χ3v) is 5.16. The Balaban J connectivity index is 1.81. The van der Waals surface area contributed by atoms with Crippen molar-refractivity contribution >= 4 is 40.2 Å². The topological polar surface area (TPSA) is 51.4 Å². The summed E-state index contributed by atoms with van der Waals surface area (Å²) in [6.45, 7) is 5.45. The number of aryl methyl sites for hydroxylation is 1. The van der Waals surface area contributed by atoms with Gasteiger partial charge in [0, 0.05) is 30.2 Å². The number of ether oxygens (including phenoxy) is 1. The lowest BCUT2D eigenvalue weighted by Crippen LogP contribution is -2.19. The van der Waals surface area contributed by atoms with Crippen molar-refractivity contribution in [1.82, 2.24) is 9.47 Å².